The van der Waals surface area contributed by atoms with E-state index in [1.165, 1.54) is 32.3 Å². The van der Waals surface area contributed by atoms with E-state index in [-0.39, 0.29) is 28.9 Å². The molecule has 4 atom stereocenters. The fourth-order valence-electron chi connectivity index (χ4n) is 7.69. The van der Waals surface area contributed by atoms with Crippen LogP contribution in [0.1, 0.15) is 64.5 Å². The molecular weight excluding hydrogens is 772 g/mol. The third-order valence-corrected chi connectivity index (χ3v) is 10.0. The van der Waals surface area contributed by atoms with Crippen LogP contribution < -0.4 is 26.2 Å². The first kappa shape index (κ1) is 45.3. The first-order valence-electron chi connectivity index (χ1n) is 19.1. The highest BCUT2D eigenvalue weighted by Crippen LogP contribution is 2.40. The zero-order valence-electron chi connectivity index (χ0n) is 32.7. The minimum atomic E-state index is -4.42. The van der Waals surface area contributed by atoms with Gasteiger partial charge in [-0.1, -0.05) is 13.8 Å². The molecule has 312 valence electrons. The van der Waals surface area contributed by atoms with Crippen molar-refractivity contribution in [3.63, 3.8) is 0 Å². The molecule has 2 aromatic heterocycles. The molecule has 0 spiro atoms. The first-order valence-corrected chi connectivity index (χ1v) is 19.6. The maximum atomic E-state index is 13.4. The summed E-state index contributed by atoms with van der Waals surface area (Å²) in [7, 11) is 0. The van der Waals surface area contributed by atoms with E-state index in [1.807, 2.05) is 0 Å². The van der Waals surface area contributed by atoms with Gasteiger partial charge in [-0.05, 0) is 92.0 Å². The number of alkyl halides is 7. The highest BCUT2D eigenvalue weighted by Gasteiger charge is 2.36. The van der Waals surface area contributed by atoms with E-state index >= 15 is 0 Å². The predicted octanol–water partition coefficient (Wildman–Crippen LogP) is 8.42. The Morgan fingerprint density at radius 2 is 1.21 bits per heavy atom. The summed E-state index contributed by atoms with van der Waals surface area (Å²) in [5, 5.41) is 6.41. The van der Waals surface area contributed by atoms with E-state index in [2.05, 4.69) is 44.2 Å². The number of aromatic nitrogens is 2. The third kappa shape index (κ3) is 13.1. The van der Waals surface area contributed by atoms with Crippen molar-refractivity contribution in [2.75, 3.05) is 54.9 Å². The van der Waals surface area contributed by atoms with Crippen LogP contribution >= 0.6 is 11.6 Å². The molecule has 2 fully saturated rings. The summed E-state index contributed by atoms with van der Waals surface area (Å²) in [6, 6.07) is 12.2. The molecule has 6 rings (SSSR count). The summed E-state index contributed by atoms with van der Waals surface area (Å²) in [4.78, 5) is 33.3. The number of pyridine rings is 2. The molecule has 2 aliphatic heterocycles. The van der Waals surface area contributed by atoms with Gasteiger partial charge in [0.15, 0.2) is 0 Å². The van der Waals surface area contributed by atoms with Gasteiger partial charge in [0.2, 0.25) is 11.8 Å². The number of hydrogen-bond acceptors (Lipinski definition) is 7. The molecule has 2 aromatic carbocycles. The Kier molecular flexibility index (Phi) is 16.2. The number of fused-ring (bicyclic) bond motifs is 2. The third-order valence-electron chi connectivity index (χ3n) is 9.86. The van der Waals surface area contributed by atoms with Crippen molar-refractivity contribution >= 4 is 56.6 Å². The Bertz CT molecular complexity index is 1940. The molecule has 57 heavy (non-hydrogen) atoms. The van der Waals surface area contributed by atoms with Gasteiger partial charge < -0.3 is 26.2 Å². The normalized spacial score (nSPS) is 19.9. The van der Waals surface area contributed by atoms with Crippen molar-refractivity contribution in [1.82, 2.24) is 20.6 Å². The summed E-state index contributed by atoms with van der Waals surface area (Å²) < 4.78 is 79.5. The Morgan fingerprint density at radius 1 is 0.737 bits per heavy atom. The molecule has 4 heterocycles. The number of carbonyl (C=O) groups excluding carboxylic acids is 2. The van der Waals surface area contributed by atoms with Crippen LogP contribution in [0.15, 0.2) is 60.9 Å². The van der Waals surface area contributed by atoms with Crippen LogP contribution in [0, 0.1) is 17.8 Å². The number of benzene rings is 2. The second-order valence-electron chi connectivity index (χ2n) is 15.0. The van der Waals surface area contributed by atoms with Gasteiger partial charge in [0.25, 0.3) is 0 Å². The fraction of sp³-hybridized carbons (Fsp3) is 0.512. The largest absolute Gasteiger partial charge is 0.418 e. The van der Waals surface area contributed by atoms with Crippen LogP contribution in [0.25, 0.3) is 21.8 Å². The highest BCUT2D eigenvalue weighted by molar-refractivity contribution is 6.18. The van der Waals surface area contributed by atoms with Gasteiger partial charge in [0.1, 0.15) is 0 Å². The Morgan fingerprint density at radius 3 is 1.65 bits per heavy atom. The van der Waals surface area contributed by atoms with Gasteiger partial charge in [-0.25, -0.2) is 0 Å². The molecule has 0 unspecified atom stereocenters. The molecule has 4 aromatic rings. The number of nitrogens with one attached hydrogen (secondary N) is 2. The molecule has 2 amide bonds. The van der Waals surface area contributed by atoms with Crippen LogP contribution in [0.4, 0.5) is 37.7 Å². The molecule has 16 heteroatoms. The minimum absolute atomic E-state index is 0.000650. The predicted molar refractivity (Wildman–Crippen MR) is 214 cm³/mol. The van der Waals surface area contributed by atoms with E-state index < -0.39 is 23.5 Å². The van der Waals surface area contributed by atoms with Crippen molar-refractivity contribution in [3.8, 4) is 0 Å². The summed E-state index contributed by atoms with van der Waals surface area (Å²) in [5.74, 6) is 1.75. The molecule has 4 N–H and O–H groups in total. The topological polar surface area (TPSA) is 116 Å². The van der Waals surface area contributed by atoms with Crippen LogP contribution in [0.2, 0.25) is 0 Å². The second-order valence-corrected chi connectivity index (χ2v) is 15.4. The fourth-order valence-corrected chi connectivity index (χ4v) is 7.78. The molecular formula is C41H52ClF6N7O2. The average molecular weight is 824 g/mol. The van der Waals surface area contributed by atoms with Gasteiger partial charge in [0.05, 0.1) is 22.2 Å². The molecule has 0 bridgehead atoms. The van der Waals surface area contributed by atoms with Gasteiger partial charge in [-0.2, -0.15) is 26.3 Å². The Hall–Kier alpha value is -4.37. The van der Waals surface area contributed by atoms with Gasteiger partial charge in [-0.15, -0.1) is 11.6 Å². The average Bonchev–Trinajstić information content (AvgIpc) is 3.14. The number of nitrogens with two attached hydrogens (primary N) is 1. The van der Waals surface area contributed by atoms with Gasteiger partial charge in [0, 0.05) is 99.6 Å². The summed E-state index contributed by atoms with van der Waals surface area (Å²) >= 11 is 5.23. The van der Waals surface area contributed by atoms with Crippen molar-refractivity contribution in [2.24, 2.45) is 23.5 Å². The van der Waals surface area contributed by atoms with Crippen LogP contribution in [-0.4, -0.2) is 73.0 Å². The number of halogens is 7. The lowest BCUT2D eigenvalue weighted by Crippen LogP contribution is -2.46. The Labute approximate surface area is 334 Å². The van der Waals surface area contributed by atoms with Crippen LogP contribution in [0.5, 0.6) is 0 Å². The molecule has 9 nitrogen and oxygen atoms in total. The smallest absolute Gasteiger partial charge is 0.370 e. The van der Waals surface area contributed by atoms with E-state index in [4.69, 9.17) is 17.3 Å². The molecule has 0 aliphatic carbocycles. The SMILES string of the molecule is CC(=O)NCCC[C@@H]1C[C@H](C)CN(c2ccc(C(F)(F)F)c3ncccc23)C1.CC(=O)NCCCl.C[C@H]1C[C@@H](N)CN(c2ccc(C(F)(F)F)c3ncccc23)C1. The maximum absolute atomic E-state index is 13.4. The molecule has 2 saturated heterocycles. The number of nitrogens with zero attached hydrogens (tertiary/aromatic N) is 4. The highest BCUT2D eigenvalue weighted by atomic mass is 35.5. The maximum Gasteiger partial charge on any atom is 0.418 e. The van der Waals surface area contributed by atoms with E-state index in [0.29, 0.717) is 54.0 Å². The molecule has 0 radical (unpaired) electrons. The van der Waals surface area contributed by atoms with Crippen LogP contribution in [0.3, 0.4) is 0 Å². The molecule has 2 aliphatic rings. The summed E-state index contributed by atoms with van der Waals surface area (Å²) in [5.41, 5.74) is 6.27. The van der Waals surface area contributed by atoms with Crippen molar-refractivity contribution in [3.05, 3.63) is 72.1 Å². The van der Waals surface area contributed by atoms with Crippen molar-refractivity contribution < 1.29 is 35.9 Å². The zero-order valence-corrected chi connectivity index (χ0v) is 33.4. The first-order chi connectivity index (χ1) is 26.9. The van der Waals surface area contributed by atoms with Gasteiger partial charge >= 0.3 is 12.4 Å². The number of carbonyl (C=O) groups is 2. The minimum Gasteiger partial charge on any atom is -0.370 e. The van der Waals surface area contributed by atoms with Gasteiger partial charge in [-0.3, -0.25) is 19.6 Å². The summed E-state index contributed by atoms with van der Waals surface area (Å²) in [6.45, 7) is 11.6. The number of hydrogen-bond donors (Lipinski definition) is 3. The number of rotatable bonds is 8. The van der Waals surface area contributed by atoms with E-state index in [9.17, 15) is 35.9 Å². The quantitative estimate of drug-likeness (QED) is 0.0929. The molecule has 0 saturated carbocycles. The number of anilines is 2. The number of amides is 2. The zero-order chi connectivity index (χ0) is 41.9. The van der Waals surface area contributed by atoms with Crippen molar-refractivity contribution in [2.45, 2.75) is 71.8 Å². The standard InChI is InChI=1S/C21H26F3N3O.C16H18F3N3.C4H8ClNO/c1-14-11-16(5-3-9-25-15(2)28)13-27(12-14)19-8-7-18(21(22,23)24)20-17(19)6-4-10-26-20;1-10-7-11(20)9-22(8-10)14-5-4-13(16(17,18)19)15-12(14)3-2-6-21-15;1-4(7)6-3-2-5/h4,6-8,10,14,16H,3,5,9,11-13H2,1-2H3,(H,25,28);2-6,10-11H,7-9,20H2,1H3;2-3H2,1H3,(H,6,7)/t14-,16+;10-,11+;/m00./s1. The Balaban J connectivity index is 0.000000221. The monoisotopic (exact) mass is 823 g/mol. The lowest BCUT2D eigenvalue weighted by Gasteiger charge is -2.38. The lowest BCUT2D eigenvalue weighted by atomic mass is 9.86. The van der Waals surface area contributed by atoms with E-state index in [0.717, 1.165) is 68.8 Å². The second kappa shape index (κ2) is 20.4. The van der Waals surface area contributed by atoms with Crippen LogP contribution in [-0.2, 0) is 21.9 Å². The number of piperidine rings is 2. The lowest BCUT2D eigenvalue weighted by molar-refractivity contribution is -0.137. The van der Waals surface area contributed by atoms with E-state index in [1.54, 1.807) is 30.3 Å². The summed E-state index contributed by atoms with van der Waals surface area (Å²) in [6.07, 6.45) is -2.11. The van der Waals surface area contributed by atoms with Crippen molar-refractivity contribution in [1.29, 1.82) is 0 Å².